The van der Waals surface area contributed by atoms with E-state index < -0.39 is 35.2 Å². The number of fused-ring (bicyclic) bond motifs is 3. The molecule has 0 saturated heterocycles. The molecule has 2 aromatic carbocycles. The molecule has 1 aliphatic heterocycles. The Kier molecular flexibility index (Phi) is 7.14. The zero-order valence-corrected chi connectivity index (χ0v) is 22.5. The number of esters is 1. The Bertz CT molecular complexity index is 1570. The molecule has 0 unspecified atom stereocenters. The molecule has 1 aliphatic rings. The summed E-state index contributed by atoms with van der Waals surface area (Å²) in [7, 11) is 1.22. The van der Waals surface area contributed by atoms with Gasteiger partial charge in [-0.25, -0.2) is 18.0 Å². The molecule has 1 amide bonds. The molecule has 10 heteroatoms. The van der Waals surface area contributed by atoms with Gasteiger partial charge in [-0.2, -0.15) is 0 Å². The molecule has 2 aromatic heterocycles. The smallest absolute Gasteiger partial charge is 0.339 e. The molecule has 0 saturated carbocycles. The Morgan fingerprint density at radius 2 is 1.85 bits per heavy atom. The molecule has 0 spiro atoms. The van der Waals surface area contributed by atoms with E-state index in [0.717, 1.165) is 28.6 Å². The summed E-state index contributed by atoms with van der Waals surface area (Å²) >= 11 is 0. The number of nitrogens with zero attached hydrogens (tertiary/aromatic N) is 2. The number of benzene rings is 2. The van der Waals surface area contributed by atoms with Crippen LogP contribution >= 0.6 is 0 Å². The molecule has 0 bridgehead atoms. The fraction of sp³-hybridized carbons (Fsp3) is 0.300. The molecule has 2 N–H and O–H groups in total. The highest BCUT2D eigenvalue weighted by Gasteiger charge is 2.41. The zero-order valence-electron chi connectivity index (χ0n) is 22.5. The van der Waals surface area contributed by atoms with Crippen LogP contribution in [0.1, 0.15) is 64.5 Å². The van der Waals surface area contributed by atoms with Gasteiger partial charge in [0, 0.05) is 46.6 Å². The molecule has 0 aliphatic carbocycles. The van der Waals surface area contributed by atoms with Gasteiger partial charge in [-0.3, -0.25) is 14.7 Å². The molecule has 2 atom stereocenters. The Morgan fingerprint density at radius 1 is 1.15 bits per heavy atom. The van der Waals surface area contributed by atoms with E-state index in [1.165, 1.54) is 39.3 Å². The maximum absolute atomic E-state index is 15.8. The first kappa shape index (κ1) is 27.4. The van der Waals surface area contributed by atoms with Gasteiger partial charge in [0.25, 0.3) is 5.91 Å². The van der Waals surface area contributed by atoms with Crippen LogP contribution in [-0.4, -0.2) is 52.1 Å². The number of hydrogen-bond donors (Lipinski definition) is 2. The topological polar surface area (TPSA) is 87.3 Å². The fourth-order valence-electron chi connectivity index (χ4n) is 5.38. The summed E-state index contributed by atoms with van der Waals surface area (Å²) in [5.74, 6) is -3.09. The number of aromatic nitrogens is 2. The number of amides is 1. The van der Waals surface area contributed by atoms with Gasteiger partial charge in [0.1, 0.15) is 23.0 Å². The average molecular weight is 551 g/mol. The standard InChI is InChI=1S/C30H29F3N4O3/c1-16-11-20-19-7-5-6-8-23(19)36-26(20)27(37(16)15-30(2,3)33)25-21(31)12-18(13-22(25)32)35-28(38)24-10-9-17(14-34-24)29(39)40-4/h5-10,12-14,16,27,36H,11,15H2,1-4H3,(H,35,38)/t16-,27-/m1/s1. The first-order valence-electron chi connectivity index (χ1n) is 12.9. The van der Waals surface area contributed by atoms with E-state index >= 15 is 8.78 Å². The van der Waals surface area contributed by atoms with E-state index in [1.807, 2.05) is 31.2 Å². The van der Waals surface area contributed by atoms with Crippen molar-refractivity contribution in [2.45, 2.75) is 44.9 Å². The highest BCUT2D eigenvalue weighted by atomic mass is 19.1. The average Bonchev–Trinajstić information content (AvgIpc) is 3.27. The lowest BCUT2D eigenvalue weighted by Crippen LogP contribution is -2.48. The van der Waals surface area contributed by atoms with Crippen LogP contribution in [0, 0.1) is 11.6 Å². The van der Waals surface area contributed by atoms with Gasteiger partial charge >= 0.3 is 5.97 Å². The minimum atomic E-state index is -1.62. The van der Waals surface area contributed by atoms with Gasteiger partial charge in [-0.05, 0) is 63.1 Å². The lowest BCUT2D eigenvalue weighted by molar-refractivity contribution is 0.0599. The number of aromatic amines is 1. The number of pyridine rings is 1. The third-order valence-electron chi connectivity index (χ3n) is 7.10. The van der Waals surface area contributed by atoms with Gasteiger partial charge in [-0.1, -0.05) is 18.2 Å². The lowest BCUT2D eigenvalue weighted by Gasteiger charge is -2.43. The minimum Gasteiger partial charge on any atom is -0.465 e. The molecule has 7 nitrogen and oxygen atoms in total. The number of ether oxygens (including phenoxy) is 1. The summed E-state index contributed by atoms with van der Waals surface area (Å²) in [6.45, 7) is 4.76. The normalized spacial score (nSPS) is 17.5. The summed E-state index contributed by atoms with van der Waals surface area (Å²) in [6.07, 6.45) is 1.76. The first-order chi connectivity index (χ1) is 19.0. The number of carbonyl (C=O) groups excluding carboxylic acids is 2. The molecule has 0 fully saturated rings. The third-order valence-corrected chi connectivity index (χ3v) is 7.10. The van der Waals surface area contributed by atoms with Crippen molar-refractivity contribution in [2.24, 2.45) is 0 Å². The predicted octanol–water partition coefficient (Wildman–Crippen LogP) is 5.96. The molecule has 40 heavy (non-hydrogen) atoms. The summed E-state index contributed by atoms with van der Waals surface area (Å²) < 4.78 is 51.2. The van der Waals surface area contributed by atoms with Crippen molar-refractivity contribution in [2.75, 3.05) is 19.0 Å². The SMILES string of the molecule is COC(=O)c1ccc(C(=O)Nc2cc(F)c([C@@H]3c4[nH]c5ccccc5c4C[C@@H](C)N3CC(C)(C)F)c(F)c2)nc1. The van der Waals surface area contributed by atoms with Gasteiger partial charge < -0.3 is 15.0 Å². The van der Waals surface area contributed by atoms with Crippen molar-refractivity contribution in [3.63, 3.8) is 0 Å². The number of H-pyrrole nitrogens is 1. The largest absolute Gasteiger partial charge is 0.465 e. The van der Waals surface area contributed by atoms with Crippen molar-refractivity contribution in [3.8, 4) is 0 Å². The van der Waals surface area contributed by atoms with Crippen molar-refractivity contribution in [1.29, 1.82) is 0 Å². The number of carbonyl (C=O) groups is 2. The maximum atomic E-state index is 15.8. The van der Waals surface area contributed by atoms with Gasteiger partial charge in [0.2, 0.25) is 0 Å². The van der Waals surface area contributed by atoms with E-state index in [1.54, 1.807) is 4.90 Å². The van der Waals surface area contributed by atoms with Gasteiger partial charge in [-0.15, -0.1) is 0 Å². The molecule has 3 heterocycles. The van der Waals surface area contributed by atoms with Crippen molar-refractivity contribution < 1.29 is 27.5 Å². The number of hydrogen-bond acceptors (Lipinski definition) is 5. The van der Waals surface area contributed by atoms with Crippen LogP contribution in [0.4, 0.5) is 18.9 Å². The number of rotatable bonds is 6. The van der Waals surface area contributed by atoms with Crippen molar-refractivity contribution >= 4 is 28.5 Å². The summed E-state index contributed by atoms with van der Waals surface area (Å²) in [4.78, 5) is 33.3. The van der Waals surface area contributed by atoms with Gasteiger partial charge in [0.15, 0.2) is 0 Å². The molecule has 208 valence electrons. The Hall–Kier alpha value is -4.18. The van der Waals surface area contributed by atoms with Crippen LogP contribution in [0.3, 0.4) is 0 Å². The third kappa shape index (κ3) is 5.19. The number of methoxy groups -OCH3 is 1. The first-order valence-corrected chi connectivity index (χ1v) is 12.9. The zero-order chi connectivity index (χ0) is 28.8. The Morgan fingerprint density at radius 3 is 2.48 bits per heavy atom. The van der Waals surface area contributed by atoms with Crippen molar-refractivity contribution in [3.05, 3.63) is 94.4 Å². The highest BCUT2D eigenvalue weighted by Crippen LogP contribution is 2.43. The fourth-order valence-corrected chi connectivity index (χ4v) is 5.38. The quantitative estimate of drug-likeness (QED) is 0.289. The highest BCUT2D eigenvalue weighted by molar-refractivity contribution is 6.03. The lowest BCUT2D eigenvalue weighted by atomic mass is 9.87. The second-order valence-electron chi connectivity index (χ2n) is 10.6. The van der Waals surface area contributed by atoms with Crippen LogP contribution in [0.5, 0.6) is 0 Å². The van der Waals surface area contributed by atoms with Crippen LogP contribution < -0.4 is 5.32 Å². The van der Waals surface area contributed by atoms with Crippen LogP contribution in [0.25, 0.3) is 10.9 Å². The van der Waals surface area contributed by atoms with E-state index in [9.17, 15) is 14.0 Å². The Balaban J connectivity index is 1.52. The number of alkyl halides is 1. The Labute approximate surface area is 229 Å². The molecular weight excluding hydrogens is 521 g/mol. The van der Waals surface area contributed by atoms with E-state index in [0.29, 0.717) is 12.1 Å². The number of nitrogens with one attached hydrogen (secondary N) is 2. The second-order valence-corrected chi connectivity index (χ2v) is 10.6. The number of anilines is 1. The van der Waals surface area contributed by atoms with E-state index in [-0.39, 0.29) is 35.1 Å². The predicted molar refractivity (Wildman–Crippen MR) is 145 cm³/mol. The van der Waals surface area contributed by atoms with E-state index in [4.69, 9.17) is 0 Å². The molecule has 0 radical (unpaired) electrons. The maximum Gasteiger partial charge on any atom is 0.339 e. The summed E-state index contributed by atoms with van der Waals surface area (Å²) in [6, 6.07) is 11.3. The minimum absolute atomic E-state index is 0.0434. The number of para-hydroxylation sites is 1. The van der Waals surface area contributed by atoms with Crippen molar-refractivity contribution in [1.82, 2.24) is 14.9 Å². The molecule has 4 aromatic rings. The molecular formula is C30H29F3N4O3. The summed E-state index contributed by atoms with van der Waals surface area (Å²) in [5, 5.41) is 3.41. The van der Waals surface area contributed by atoms with Crippen LogP contribution in [0.15, 0.2) is 54.7 Å². The number of halogens is 3. The molecule has 5 rings (SSSR count). The summed E-state index contributed by atoms with van der Waals surface area (Å²) in [5.41, 5.74) is 0.529. The van der Waals surface area contributed by atoms with Crippen LogP contribution in [-0.2, 0) is 11.2 Å². The van der Waals surface area contributed by atoms with Gasteiger partial charge in [0.05, 0.1) is 18.7 Å². The second kappa shape index (κ2) is 10.4. The van der Waals surface area contributed by atoms with E-state index in [2.05, 4.69) is 20.0 Å². The van der Waals surface area contributed by atoms with Crippen LogP contribution in [0.2, 0.25) is 0 Å². The monoisotopic (exact) mass is 550 g/mol.